The van der Waals surface area contributed by atoms with Gasteiger partial charge < -0.3 is 4.90 Å². The van der Waals surface area contributed by atoms with Crippen molar-refractivity contribution in [3.63, 3.8) is 0 Å². The minimum Gasteiger partial charge on any atom is -0.311 e. The molecule has 696 valence electrons. The first-order valence-electron chi connectivity index (χ1n) is 47.2. The van der Waals surface area contributed by atoms with Gasteiger partial charge in [-0.15, -0.1) is 11.3 Å². The smallest absolute Gasteiger partial charge is 0.237 e. The lowest BCUT2D eigenvalue weighted by molar-refractivity contribution is 0.997. The molecular formula is C126H79Br4Cl2N13S. The molecule has 0 aliphatic carbocycles. The molecule has 0 aliphatic heterocycles. The van der Waals surface area contributed by atoms with Gasteiger partial charge in [0.05, 0.1) is 72.3 Å². The number of nitrogens with zero attached hydrogens (tertiary/aromatic N) is 13. The largest absolute Gasteiger partial charge is 0.311 e. The number of fused-ring (bicyclic) bond motifs is 17. The van der Waals surface area contributed by atoms with E-state index in [1.165, 1.54) is 58.9 Å². The third kappa shape index (κ3) is 19.2. The van der Waals surface area contributed by atoms with Crippen LogP contribution in [0.5, 0.6) is 0 Å². The summed E-state index contributed by atoms with van der Waals surface area (Å²) >= 11 is 28.5. The summed E-state index contributed by atoms with van der Waals surface area (Å²) in [7, 11) is 0. The third-order valence-electron chi connectivity index (χ3n) is 25.6. The van der Waals surface area contributed by atoms with Crippen LogP contribution in [-0.4, -0.2) is 59.0 Å². The Kier molecular flexibility index (Phi) is 26.8. The molecule has 19 aromatic carbocycles. The number of benzene rings is 19. The Morgan fingerprint density at radius 2 is 0.705 bits per heavy atom. The predicted molar refractivity (Wildman–Crippen MR) is 623 cm³/mol. The summed E-state index contributed by atoms with van der Waals surface area (Å²) < 4.78 is 10.7. The normalized spacial score (nSPS) is 11.2. The molecule has 0 saturated carbocycles. The number of para-hydroxylation sites is 5. The fraction of sp³-hybridized carbons (Fsp3) is 0. The second kappa shape index (κ2) is 42.0. The van der Waals surface area contributed by atoms with Gasteiger partial charge in [0.2, 0.25) is 22.5 Å². The minimum atomic E-state index is 0.253. The van der Waals surface area contributed by atoms with Gasteiger partial charge in [-0.2, -0.15) is 0 Å². The van der Waals surface area contributed by atoms with E-state index in [1.54, 1.807) is 11.3 Å². The van der Waals surface area contributed by atoms with Crippen molar-refractivity contribution in [3.05, 3.63) is 508 Å². The molecule has 0 atom stereocenters. The van der Waals surface area contributed by atoms with Crippen molar-refractivity contribution in [2.75, 3.05) is 4.90 Å². The number of halogens is 6. The number of rotatable bonds is 10. The molecule has 0 saturated heterocycles. The Balaban J connectivity index is 0.0000000982. The Bertz CT molecular complexity index is 9490. The van der Waals surface area contributed by atoms with E-state index in [0.29, 0.717) is 11.9 Å². The van der Waals surface area contributed by atoms with Crippen molar-refractivity contribution in [3.8, 4) is 68.1 Å². The van der Waals surface area contributed by atoms with Crippen LogP contribution in [0.2, 0.25) is 10.6 Å². The van der Waals surface area contributed by atoms with E-state index >= 15 is 0 Å². The molecule has 0 N–H and O–H groups in total. The number of aromatic nitrogens is 12. The van der Waals surface area contributed by atoms with Crippen LogP contribution in [0.15, 0.2) is 498 Å². The van der Waals surface area contributed by atoms with Gasteiger partial charge in [-0.1, -0.05) is 397 Å². The van der Waals surface area contributed by atoms with Crippen molar-refractivity contribution in [2.45, 2.75) is 0 Å². The van der Waals surface area contributed by atoms with Crippen molar-refractivity contribution < 1.29 is 0 Å². The monoisotopic (exact) mass is 2190 g/mol. The maximum Gasteiger partial charge on any atom is 0.237 e. The average molecular weight is 2200 g/mol. The van der Waals surface area contributed by atoms with Crippen molar-refractivity contribution in [1.82, 2.24) is 59.0 Å². The van der Waals surface area contributed by atoms with Crippen LogP contribution in [0.1, 0.15) is 0 Å². The summed E-state index contributed by atoms with van der Waals surface area (Å²) in [6, 6.07) is 158. The zero-order valence-corrected chi connectivity index (χ0v) is 86.3. The zero-order valence-electron chi connectivity index (χ0n) is 77.6. The molecule has 0 amide bonds. The Hall–Kier alpha value is -16.3. The fourth-order valence-corrected chi connectivity index (χ4v) is 22.1. The summed E-state index contributed by atoms with van der Waals surface area (Å²) in [6.45, 7) is 0. The van der Waals surface area contributed by atoms with Gasteiger partial charge >= 0.3 is 0 Å². The first kappa shape index (κ1) is 93.4. The third-order valence-corrected chi connectivity index (χ3v) is 29.2. The van der Waals surface area contributed by atoms with E-state index in [2.05, 4.69) is 419 Å². The summed E-state index contributed by atoms with van der Waals surface area (Å²) in [4.78, 5) is 49.1. The fourth-order valence-electron chi connectivity index (χ4n) is 18.9. The first-order chi connectivity index (χ1) is 71.9. The van der Waals surface area contributed by atoms with Gasteiger partial charge in [0, 0.05) is 117 Å². The van der Waals surface area contributed by atoms with Gasteiger partial charge in [-0.3, -0.25) is 14.1 Å². The Morgan fingerprint density at radius 3 is 1.35 bits per heavy atom. The van der Waals surface area contributed by atoms with Crippen LogP contribution < -0.4 is 4.90 Å². The lowest BCUT2D eigenvalue weighted by Gasteiger charge is -2.25. The highest BCUT2D eigenvalue weighted by Gasteiger charge is 2.24. The molecule has 28 rings (SSSR count). The highest BCUT2D eigenvalue weighted by atomic mass is 79.9. The molecule has 9 heterocycles. The van der Waals surface area contributed by atoms with Crippen LogP contribution in [0.4, 0.5) is 17.1 Å². The maximum atomic E-state index is 6.23. The summed E-state index contributed by atoms with van der Waals surface area (Å²) in [6.07, 6.45) is 5.51. The van der Waals surface area contributed by atoms with E-state index in [0.717, 1.165) is 172 Å². The number of anilines is 3. The first-order valence-corrected chi connectivity index (χ1v) is 51.9. The number of hydrogen-bond donors (Lipinski definition) is 0. The van der Waals surface area contributed by atoms with Gasteiger partial charge in [-0.25, -0.2) is 44.9 Å². The van der Waals surface area contributed by atoms with E-state index in [9.17, 15) is 0 Å². The van der Waals surface area contributed by atoms with Crippen molar-refractivity contribution >= 4 is 255 Å². The lowest BCUT2D eigenvalue weighted by atomic mass is 9.98. The SMILES string of the molecule is Brc1cc2ccccc2c2ccccc12.Brc1ccc2c3cccnc3n(-c3nc(-c4ccccc4)c4ccccc4n3)c2c1.Brc1ccc2c3ccncc3n(-c3nc(-c4ccccc4)c4ccccc4n3)c2c1.Brc1cccc(-c2cccc3ccccc23)c1.Clc1nc(-c2ccc(N(c3ccccc3)c3ccccc3)cc2)c2ccccc2n1.Clc1nc(-c2ccc3ccccc3c2)c2sc3ccccc3c2n1. The van der Waals surface area contributed by atoms with Crippen LogP contribution in [0.25, 0.3) is 208 Å². The van der Waals surface area contributed by atoms with E-state index in [4.69, 9.17) is 43.1 Å². The molecule has 146 heavy (non-hydrogen) atoms. The van der Waals surface area contributed by atoms with Crippen molar-refractivity contribution in [2.24, 2.45) is 0 Å². The summed E-state index contributed by atoms with van der Waals surface area (Å²) in [5.41, 5.74) is 21.1. The quantitative estimate of drug-likeness (QED) is 0.0954. The predicted octanol–water partition coefficient (Wildman–Crippen LogP) is 36.9. The van der Waals surface area contributed by atoms with E-state index in [1.807, 2.05) is 169 Å². The molecule has 0 spiro atoms. The van der Waals surface area contributed by atoms with Crippen LogP contribution in [0, 0.1) is 0 Å². The molecular weight excluding hydrogens is 2120 g/mol. The van der Waals surface area contributed by atoms with E-state index in [-0.39, 0.29) is 10.6 Å². The highest BCUT2D eigenvalue weighted by molar-refractivity contribution is 9.11. The standard InChI is InChI=1S/C26H18ClN3.2C25H15BrN4.C20H11ClN2S.C16H11Br.C14H9Br/c27-26-28-24-14-8-7-13-23(24)25(29-26)19-15-17-22(18-16-19)30(20-9-3-1-4-10-20)21-11-5-2-6-12-21;26-17-12-13-18-19-10-6-14-27-24(19)30(22(18)15-17)25-28-21-11-5-4-9-20(21)23(29-25)16-7-2-1-3-8-16;26-17-10-11-18-19-12-13-27-15-23(19)30(22(18)14-17)25-28-21-9-5-4-8-20(21)24(29-25)16-6-2-1-3-7-16;21-20-22-17(14-10-9-12-5-1-2-6-13(12)11-14)19-18(23-20)15-7-3-4-8-16(15)24-19;17-14-8-3-7-13(11-14)16-10-4-6-12-5-1-2-9-15(12)16;15-14-9-10-5-1-2-6-11(10)12-7-3-4-8-13(12)14/h1-18H;2*1-15H;1-11H;1-11H;1-9H. The van der Waals surface area contributed by atoms with Crippen molar-refractivity contribution in [1.29, 1.82) is 0 Å². The van der Waals surface area contributed by atoms with Crippen LogP contribution in [0.3, 0.4) is 0 Å². The molecule has 20 heteroatoms. The number of hydrogen-bond acceptors (Lipinski definition) is 12. The zero-order chi connectivity index (χ0) is 98.5. The topological polar surface area (TPSA) is 142 Å². The van der Waals surface area contributed by atoms with Gasteiger partial charge in [0.1, 0.15) is 5.65 Å². The molecule has 0 unspecified atom stereocenters. The molecule has 0 bridgehead atoms. The van der Waals surface area contributed by atoms with E-state index < -0.39 is 0 Å². The summed E-state index contributed by atoms with van der Waals surface area (Å²) in [5, 5.41) is 19.4. The van der Waals surface area contributed by atoms with Gasteiger partial charge in [0.15, 0.2) is 0 Å². The highest BCUT2D eigenvalue weighted by Crippen LogP contribution is 2.44. The maximum absolute atomic E-state index is 6.23. The molecule has 28 aromatic rings. The van der Waals surface area contributed by atoms with Crippen LogP contribution in [-0.2, 0) is 0 Å². The molecule has 13 nitrogen and oxygen atoms in total. The molecule has 0 fully saturated rings. The number of thiophene rings is 1. The molecule has 9 aromatic heterocycles. The minimum absolute atomic E-state index is 0.253. The second-order valence-electron chi connectivity index (χ2n) is 34.5. The summed E-state index contributed by atoms with van der Waals surface area (Å²) in [5.74, 6) is 1.25. The Labute approximate surface area is 887 Å². The molecule has 0 radical (unpaired) electrons. The molecule has 0 aliphatic rings. The van der Waals surface area contributed by atoms with Crippen LogP contribution >= 0.6 is 98.3 Å². The second-order valence-corrected chi connectivity index (χ2v) is 39.9. The lowest BCUT2D eigenvalue weighted by Crippen LogP contribution is -2.09. The Morgan fingerprint density at radius 1 is 0.253 bits per heavy atom. The number of pyridine rings is 2. The van der Waals surface area contributed by atoms with Gasteiger partial charge in [0.25, 0.3) is 0 Å². The van der Waals surface area contributed by atoms with Gasteiger partial charge in [-0.05, 0) is 205 Å². The average Bonchev–Trinajstić information content (AvgIpc) is 1.60.